The van der Waals surface area contributed by atoms with Crippen molar-refractivity contribution in [1.29, 1.82) is 0 Å². The third kappa shape index (κ3) is 2.17. The van der Waals surface area contributed by atoms with Crippen molar-refractivity contribution < 1.29 is 9.15 Å². The van der Waals surface area contributed by atoms with Crippen LogP contribution in [0, 0.1) is 0 Å². The minimum absolute atomic E-state index is 0.225. The molecule has 0 amide bonds. The van der Waals surface area contributed by atoms with E-state index >= 15 is 0 Å². The third-order valence-corrected chi connectivity index (χ3v) is 2.68. The molecule has 0 bridgehead atoms. The van der Waals surface area contributed by atoms with Gasteiger partial charge in [-0.05, 0) is 36.6 Å². The zero-order valence-corrected chi connectivity index (χ0v) is 8.96. The van der Waals surface area contributed by atoms with Crippen molar-refractivity contribution in [1.82, 2.24) is 5.43 Å². The minimum atomic E-state index is -0.225. The lowest BCUT2D eigenvalue weighted by atomic mass is 10.1. The molecule has 1 atom stereocenters. The van der Waals surface area contributed by atoms with Gasteiger partial charge in [0.25, 0.3) is 0 Å². The van der Waals surface area contributed by atoms with Crippen LogP contribution in [0.3, 0.4) is 0 Å². The normalized spacial score (nSPS) is 18.1. The molecule has 3 N–H and O–H groups in total. The summed E-state index contributed by atoms with van der Waals surface area (Å²) < 4.78 is 10.6. The van der Waals surface area contributed by atoms with E-state index in [1.165, 1.54) is 6.26 Å². The van der Waals surface area contributed by atoms with E-state index in [4.69, 9.17) is 26.6 Å². The Morgan fingerprint density at radius 1 is 1.53 bits per heavy atom. The monoisotopic (exact) mass is 228 g/mol. The maximum Gasteiger partial charge on any atom is 0.198 e. The van der Waals surface area contributed by atoms with Gasteiger partial charge in [-0.3, -0.25) is 5.84 Å². The largest absolute Gasteiger partial charge is 0.496 e. The van der Waals surface area contributed by atoms with E-state index in [-0.39, 0.29) is 6.04 Å². The van der Waals surface area contributed by atoms with Gasteiger partial charge in [-0.15, -0.1) is 0 Å². The summed E-state index contributed by atoms with van der Waals surface area (Å²) in [4.78, 5) is 0. The first-order chi connectivity index (χ1) is 7.33. The Labute approximate surface area is 93.0 Å². The number of ether oxygens (including phenoxy) is 1. The van der Waals surface area contributed by atoms with Crippen molar-refractivity contribution in [2.75, 3.05) is 6.61 Å². The molecule has 5 heteroatoms. The number of hydrazine groups is 1. The van der Waals surface area contributed by atoms with Crippen LogP contribution in [0.25, 0.3) is 0 Å². The van der Waals surface area contributed by atoms with Crippen molar-refractivity contribution in [3.8, 4) is 0 Å². The number of hydrogen-bond donors (Lipinski definition) is 2. The molecule has 1 unspecified atom stereocenters. The Hall–Kier alpha value is -0.970. The molecule has 1 aromatic heterocycles. The van der Waals surface area contributed by atoms with E-state index in [9.17, 15) is 0 Å². The highest BCUT2D eigenvalue weighted by Crippen LogP contribution is 2.30. The Morgan fingerprint density at radius 3 is 2.93 bits per heavy atom. The fraction of sp³-hybridized carbons (Fsp3) is 0.400. The van der Waals surface area contributed by atoms with Crippen LogP contribution in [-0.2, 0) is 4.74 Å². The molecule has 0 fully saturated rings. The van der Waals surface area contributed by atoms with Gasteiger partial charge in [-0.2, -0.15) is 0 Å². The molecule has 0 saturated heterocycles. The van der Waals surface area contributed by atoms with Crippen LogP contribution in [-0.4, -0.2) is 6.61 Å². The lowest BCUT2D eigenvalue weighted by Gasteiger charge is -2.22. The average Bonchev–Trinajstić information content (AvgIpc) is 2.68. The molecule has 0 radical (unpaired) electrons. The number of furan rings is 1. The Kier molecular flexibility index (Phi) is 3.30. The van der Waals surface area contributed by atoms with Gasteiger partial charge in [-0.1, -0.05) is 0 Å². The molecule has 1 aliphatic rings. The maximum atomic E-state index is 5.89. The topological polar surface area (TPSA) is 60.4 Å². The molecule has 0 aliphatic carbocycles. The van der Waals surface area contributed by atoms with Gasteiger partial charge in [0, 0.05) is 5.56 Å². The zero-order chi connectivity index (χ0) is 10.7. The van der Waals surface area contributed by atoms with Crippen LogP contribution in [0.4, 0.5) is 0 Å². The van der Waals surface area contributed by atoms with Crippen LogP contribution >= 0.6 is 11.6 Å². The molecule has 4 nitrogen and oxygen atoms in total. The lowest BCUT2D eigenvalue weighted by Crippen LogP contribution is -2.31. The molecule has 0 aromatic carbocycles. The van der Waals surface area contributed by atoms with Crippen LogP contribution in [0.2, 0.25) is 5.22 Å². The molecule has 1 aliphatic heterocycles. The molecule has 82 valence electrons. The van der Waals surface area contributed by atoms with Crippen LogP contribution in [0.5, 0.6) is 0 Å². The van der Waals surface area contributed by atoms with Crippen LogP contribution in [0.1, 0.15) is 24.4 Å². The number of nitrogens with two attached hydrogens (primary N) is 1. The van der Waals surface area contributed by atoms with E-state index in [0.717, 1.165) is 30.8 Å². The highest BCUT2D eigenvalue weighted by atomic mass is 35.5. The molecular formula is C10H13ClN2O2. The molecule has 2 heterocycles. The number of nitrogens with one attached hydrogen (secondary N) is 1. The highest BCUT2D eigenvalue weighted by Gasteiger charge is 2.22. The van der Waals surface area contributed by atoms with Crippen molar-refractivity contribution in [3.05, 3.63) is 34.9 Å². The Balaban J connectivity index is 2.24. The SMILES string of the molecule is NNC(C1=CCCCO1)c1ccoc1Cl. The summed E-state index contributed by atoms with van der Waals surface area (Å²) in [6.45, 7) is 0.722. The first-order valence-electron chi connectivity index (χ1n) is 4.85. The predicted molar refractivity (Wildman–Crippen MR) is 57.1 cm³/mol. The van der Waals surface area contributed by atoms with Crippen LogP contribution < -0.4 is 11.3 Å². The van der Waals surface area contributed by atoms with Gasteiger partial charge < -0.3 is 9.15 Å². The Bertz CT molecular complexity index is 362. The molecule has 2 rings (SSSR count). The Morgan fingerprint density at radius 2 is 2.40 bits per heavy atom. The van der Waals surface area contributed by atoms with E-state index < -0.39 is 0 Å². The van der Waals surface area contributed by atoms with Crippen molar-refractivity contribution >= 4 is 11.6 Å². The van der Waals surface area contributed by atoms with E-state index in [1.54, 1.807) is 6.07 Å². The second-order valence-electron chi connectivity index (χ2n) is 3.35. The second kappa shape index (κ2) is 4.70. The van der Waals surface area contributed by atoms with Crippen molar-refractivity contribution in [2.45, 2.75) is 18.9 Å². The van der Waals surface area contributed by atoms with E-state index in [1.807, 2.05) is 6.08 Å². The molecule has 0 spiro atoms. The molecule has 15 heavy (non-hydrogen) atoms. The highest BCUT2D eigenvalue weighted by molar-refractivity contribution is 6.29. The first-order valence-corrected chi connectivity index (χ1v) is 5.22. The summed E-state index contributed by atoms with van der Waals surface area (Å²) in [6, 6.07) is 1.56. The smallest absolute Gasteiger partial charge is 0.198 e. The summed E-state index contributed by atoms with van der Waals surface area (Å²) in [5, 5.41) is 0.341. The molecule has 0 saturated carbocycles. The number of halogens is 1. The van der Waals surface area contributed by atoms with Crippen molar-refractivity contribution in [2.24, 2.45) is 5.84 Å². The lowest BCUT2D eigenvalue weighted by molar-refractivity contribution is 0.167. The quantitative estimate of drug-likeness (QED) is 0.615. The minimum Gasteiger partial charge on any atom is -0.496 e. The molecule has 1 aromatic rings. The predicted octanol–water partition coefficient (Wildman–Crippen LogP) is 2.13. The number of allylic oxidation sites excluding steroid dienone is 1. The summed E-state index contributed by atoms with van der Waals surface area (Å²) >= 11 is 5.89. The average molecular weight is 229 g/mol. The summed E-state index contributed by atoms with van der Waals surface area (Å²) in [5.74, 6) is 6.30. The standard InChI is InChI=1S/C10H13ClN2O2/c11-10-7(4-6-15-10)9(13-12)8-3-1-2-5-14-8/h3-4,6,9,13H,1-2,5,12H2. The van der Waals surface area contributed by atoms with Crippen LogP contribution in [0.15, 0.2) is 28.6 Å². The fourth-order valence-corrected chi connectivity index (χ4v) is 1.84. The summed E-state index contributed by atoms with van der Waals surface area (Å²) in [5.41, 5.74) is 3.48. The van der Waals surface area contributed by atoms with Crippen molar-refractivity contribution in [3.63, 3.8) is 0 Å². The number of hydrogen-bond acceptors (Lipinski definition) is 4. The fourth-order valence-electron chi connectivity index (χ4n) is 1.61. The summed E-state index contributed by atoms with van der Waals surface area (Å²) in [7, 11) is 0. The van der Waals surface area contributed by atoms with E-state index in [2.05, 4.69) is 5.43 Å². The first kappa shape index (κ1) is 10.5. The van der Waals surface area contributed by atoms with Gasteiger partial charge in [0.2, 0.25) is 0 Å². The maximum absolute atomic E-state index is 5.89. The second-order valence-corrected chi connectivity index (χ2v) is 3.69. The van der Waals surface area contributed by atoms with Gasteiger partial charge in [0.1, 0.15) is 11.8 Å². The summed E-state index contributed by atoms with van der Waals surface area (Å²) in [6.07, 6.45) is 5.60. The zero-order valence-electron chi connectivity index (χ0n) is 8.20. The molecular weight excluding hydrogens is 216 g/mol. The van der Waals surface area contributed by atoms with Gasteiger partial charge in [0.05, 0.1) is 12.9 Å². The van der Waals surface area contributed by atoms with E-state index in [0.29, 0.717) is 5.22 Å². The van der Waals surface area contributed by atoms with Gasteiger partial charge in [0.15, 0.2) is 5.22 Å². The number of rotatable bonds is 3. The third-order valence-electron chi connectivity index (χ3n) is 2.37. The van der Waals surface area contributed by atoms with Gasteiger partial charge >= 0.3 is 0 Å². The van der Waals surface area contributed by atoms with Gasteiger partial charge in [-0.25, -0.2) is 5.43 Å².